The zero-order valence-electron chi connectivity index (χ0n) is 12.6. The Morgan fingerprint density at radius 3 is 2.57 bits per heavy atom. The summed E-state index contributed by atoms with van der Waals surface area (Å²) < 4.78 is 0. The topological polar surface area (TPSA) is 15.3 Å². The van der Waals surface area contributed by atoms with Crippen LogP contribution in [-0.4, -0.2) is 30.6 Å². The van der Waals surface area contributed by atoms with Crippen LogP contribution in [0.15, 0.2) is 35.0 Å². The number of hydrogen-bond donors (Lipinski definition) is 1. The van der Waals surface area contributed by atoms with Crippen molar-refractivity contribution >= 4 is 22.7 Å². The van der Waals surface area contributed by atoms with E-state index in [0.29, 0.717) is 12.1 Å². The molecular formula is C17H24N2S2. The van der Waals surface area contributed by atoms with E-state index in [4.69, 9.17) is 0 Å². The number of hydrogen-bond acceptors (Lipinski definition) is 4. The molecule has 2 aromatic heterocycles. The summed E-state index contributed by atoms with van der Waals surface area (Å²) in [4.78, 5) is 5.51. The molecule has 1 aliphatic heterocycles. The molecule has 1 saturated heterocycles. The second-order valence-corrected chi connectivity index (χ2v) is 7.74. The number of nitrogens with zero attached hydrogens (tertiary/aromatic N) is 1. The first kappa shape index (κ1) is 15.2. The molecule has 1 aliphatic rings. The maximum atomic E-state index is 3.93. The molecule has 1 fully saturated rings. The monoisotopic (exact) mass is 320 g/mol. The average Bonchev–Trinajstić information content (AvgIpc) is 3.21. The summed E-state index contributed by atoms with van der Waals surface area (Å²) in [6.07, 6.45) is 3.67. The van der Waals surface area contributed by atoms with Gasteiger partial charge in [0.15, 0.2) is 0 Å². The number of likely N-dealkylation sites (tertiary alicyclic amines) is 1. The van der Waals surface area contributed by atoms with Crippen molar-refractivity contribution in [1.82, 2.24) is 10.2 Å². The number of piperidine rings is 1. The third-order valence-electron chi connectivity index (χ3n) is 4.34. The molecule has 114 valence electrons. The Morgan fingerprint density at radius 2 is 1.95 bits per heavy atom. The van der Waals surface area contributed by atoms with E-state index in [9.17, 15) is 0 Å². The number of rotatable bonds is 6. The summed E-state index contributed by atoms with van der Waals surface area (Å²) in [6.45, 7) is 5.93. The smallest absolute Gasteiger partial charge is 0.0465 e. The molecule has 21 heavy (non-hydrogen) atoms. The molecule has 1 N–H and O–H groups in total. The van der Waals surface area contributed by atoms with Crippen molar-refractivity contribution < 1.29 is 0 Å². The zero-order chi connectivity index (χ0) is 14.5. The predicted molar refractivity (Wildman–Crippen MR) is 93.4 cm³/mol. The molecule has 2 nitrogen and oxygen atoms in total. The first-order valence-electron chi connectivity index (χ1n) is 7.89. The van der Waals surface area contributed by atoms with E-state index < -0.39 is 0 Å². The van der Waals surface area contributed by atoms with Crippen LogP contribution in [0, 0.1) is 0 Å². The van der Waals surface area contributed by atoms with Crippen LogP contribution in [0.3, 0.4) is 0 Å². The van der Waals surface area contributed by atoms with Crippen LogP contribution in [0.1, 0.15) is 35.6 Å². The highest BCUT2D eigenvalue weighted by molar-refractivity contribution is 7.10. The van der Waals surface area contributed by atoms with Crippen LogP contribution < -0.4 is 5.32 Å². The van der Waals surface area contributed by atoms with Gasteiger partial charge in [0.2, 0.25) is 0 Å². The van der Waals surface area contributed by atoms with E-state index >= 15 is 0 Å². The maximum absolute atomic E-state index is 3.93. The Balaban J connectivity index is 1.63. The molecule has 1 unspecified atom stereocenters. The predicted octanol–water partition coefficient (Wildman–Crippen LogP) is 4.17. The molecule has 0 bridgehead atoms. The van der Waals surface area contributed by atoms with E-state index in [1.54, 1.807) is 0 Å². The highest BCUT2D eigenvalue weighted by atomic mass is 32.1. The molecule has 4 heteroatoms. The second-order valence-electron chi connectivity index (χ2n) is 5.73. The van der Waals surface area contributed by atoms with Crippen molar-refractivity contribution in [2.45, 2.75) is 38.3 Å². The Morgan fingerprint density at radius 1 is 1.19 bits per heavy atom. The Labute approximate surface area is 135 Å². The SMILES string of the molecule is CCN1CCC(NC(Cc2cccs2)c2cccs2)CC1. The second kappa shape index (κ2) is 7.54. The summed E-state index contributed by atoms with van der Waals surface area (Å²) in [7, 11) is 0. The van der Waals surface area contributed by atoms with Crippen LogP contribution in [0.4, 0.5) is 0 Å². The molecule has 1 atom stereocenters. The van der Waals surface area contributed by atoms with Crippen molar-refractivity contribution in [3.63, 3.8) is 0 Å². The summed E-state index contributed by atoms with van der Waals surface area (Å²) in [5.41, 5.74) is 0. The van der Waals surface area contributed by atoms with E-state index in [1.807, 2.05) is 22.7 Å². The van der Waals surface area contributed by atoms with E-state index in [-0.39, 0.29) is 0 Å². The highest BCUT2D eigenvalue weighted by Gasteiger charge is 2.22. The molecule has 3 rings (SSSR count). The lowest BCUT2D eigenvalue weighted by Crippen LogP contribution is -2.43. The zero-order valence-corrected chi connectivity index (χ0v) is 14.3. The summed E-state index contributed by atoms with van der Waals surface area (Å²) in [6, 6.07) is 10.00. The van der Waals surface area contributed by atoms with E-state index in [0.717, 1.165) is 6.42 Å². The first-order valence-corrected chi connectivity index (χ1v) is 9.65. The van der Waals surface area contributed by atoms with Gasteiger partial charge in [0.1, 0.15) is 0 Å². The van der Waals surface area contributed by atoms with Gasteiger partial charge in [0.05, 0.1) is 0 Å². The van der Waals surface area contributed by atoms with Gasteiger partial charge in [-0.1, -0.05) is 19.1 Å². The van der Waals surface area contributed by atoms with E-state index in [2.05, 4.69) is 52.2 Å². The standard InChI is InChI=1S/C17H24N2S2/c1-2-19-9-7-14(8-10-19)18-16(17-6-4-12-21-17)13-15-5-3-11-20-15/h3-6,11-12,14,16,18H,2,7-10,13H2,1H3. The van der Waals surface area contributed by atoms with Crippen LogP contribution in [0.5, 0.6) is 0 Å². The molecule has 0 amide bonds. The minimum Gasteiger partial charge on any atom is -0.306 e. The van der Waals surface area contributed by atoms with Crippen molar-refractivity contribution in [1.29, 1.82) is 0 Å². The van der Waals surface area contributed by atoms with Crippen molar-refractivity contribution in [2.24, 2.45) is 0 Å². The van der Waals surface area contributed by atoms with Gasteiger partial charge >= 0.3 is 0 Å². The molecule has 0 radical (unpaired) electrons. The Hall–Kier alpha value is -0.680. The summed E-state index contributed by atoms with van der Waals surface area (Å²) in [5.74, 6) is 0. The van der Waals surface area contributed by atoms with Gasteiger partial charge in [-0.15, -0.1) is 22.7 Å². The minimum absolute atomic E-state index is 0.474. The quantitative estimate of drug-likeness (QED) is 0.859. The fourth-order valence-electron chi connectivity index (χ4n) is 3.06. The largest absolute Gasteiger partial charge is 0.306 e. The van der Waals surface area contributed by atoms with Crippen LogP contribution in [0.2, 0.25) is 0 Å². The Kier molecular flexibility index (Phi) is 5.47. The van der Waals surface area contributed by atoms with E-state index in [1.165, 1.54) is 42.2 Å². The van der Waals surface area contributed by atoms with Gasteiger partial charge in [-0.2, -0.15) is 0 Å². The van der Waals surface area contributed by atoms with Gasteiger partial charge in [-0.3, -0.25) is 0 Å². The highest BCUT2D eigenvalue weighted by Crippen LogP contribution is 2.26. The van der Waals surface area contributed by atoms with Gasteiger partial charge in [-0.25, -0.2) is 0 Å². The number of nitrogens with one attached hydrogen (secondary N) is 1. The lowest BCUT2D eigenvalue weighted by molar-refractivity contribution is 0.199. The first-order chi connectivity index (χ1) is 10.3. The summed E-state index contributed by atoms with van der Waals surface area (Å²) in [5, 5.41) is 8.31. The lowest BCUT2D eigenvalue weighted by atomic mass is 10.0. The maximum Gasteiger partial charge on any atom is 0.0465 e. The van der Waals surface area contributed by atoms with Gasteiger partial charge in [-0.05, 0) is 55.4 Å². The number of thiophene rings is 2. The third-order valence-corrected chi connectivity index (χ3v) is 6.23. The van der Waals surface area contributed by atoms with Crippen molar-refractivity contribution in [2.75, 3.05) is 19.6 Å². The van der Waals surface area contributed by atoms with Crippen LogP contribution in [0.25, 0.3) is 0 Å². The van der Waals surface area contributed by atoms with Crippen molar-refractivity contribution in [3.05, 3.63) is 44.8 Å². The molecule has 2 aromatic rings. The molecular weight excluding hydrogens is 296 g/mol. The van der Waals surface area contributed by atoms with Gasteiger partial charge in [0, 0.05) is 28.3 Å². The normalized spacial score (nSPS) is 18.9. The molecule has 0 saturated carbocycles. The molecule has 3 heterocycles. The third kappa shape index (κ3) is 4.16. The minimum atomic E-state index is 0.474. The molecule has 0 aromatic carbocycles. The van der Waals surface area contributed by atoms with Crippen molar-refractivity contribution in [3.8, 4) is 0 Å². The van der Waals surface area contributed by atoms with Crippen LogP contribution >= 0.6 is 22.7 Å². The average molecular weight is 321 g/mol. The fraction of sp³-hybridized carbons (Fsp3) is 0.529. The molecule has 0 spiro atoms. The van der Waals surface area contributed by atoms with Gasteiger partial charge in [0.25, 0.3) is 0 Å². The Bertz CT molecular complexity index is 499. The van der Waals surface area contributed by atoms with Crippen LogP contribution in [-0.2, 0) is 6.42 Å². The molecule has 0 aliphatic carbocycles. The lowest BCUT2D eigenvalue weighted by Gasteiger charge is -2.33. The van der Waals surface area contributed by atoms with Gasteiger partial charge < -0.3 is 10.2 Å². The summed E-state index contributed by atoms with van der Waals surface area (Å²) >= 11 is 3.75. The fourth-order valence-corrected chi connectivity index (χ4v) is 4.60.